The van der Waals surface area contributed by atoms with Crippen molar-refractivity contribution in [2.24, 2.45) is 10.9 Å². The summed E-state index contributed by atoms with van der Waals surface area (Å²) in [5.41, 5.74) is 9.97. The number of anilines is 2. The standard InChI is InChI=1S/C26H31N7O3/c1-31-11-9-15(25(34)33-22(27)16-6-3-4-8-19(16)30-33)17-12-20(29-24(17)31)21-13-18(26(35)36)14-7-5-10-28-23(14)32(21)2/h5,7,10,12,15,18,20-21H,3-4,6,8-9,11,13,27H2,1-2H3,(H,35,36). The van der Waals surface area contributed by atoms with Crippen LogP contribution in [-0.4, -0.2) is 75.2 Å². The van der Waals surface area contributed by atoms with Gasteiger partial charge in [-0.2, -0.15) is 9.78 Å². The molecule has 4 atom stereocenters. The number of nitrogens with two attached hydrogens (primary N) is 1. The molecule has 3 N–H and O–H groups in total. The number of likely N-dealkylation sites (N-methyl/N-ethyl adjacent to an activating group) is 2. The fraction of sp³-hybridized carbons (Fsp3) is 0.500. The summed E-state index contributed by atoms with van der Waals surface area (Å²) in [5.74, 6) is -0.0630. The molecular formula is C26H31N7O3. The highest BCUT2D eigenvalue weighted by Gasteiger charge is 2.44. The summed E-state index contributed by atoms with van der Waals surface area (Å²) in [6, 6.07) is 3.14. The molecule has 0 spiro atoms. The molecule has 188 valence electrons. The van der Waals surface area contributed by atoms with Gasteiger partial charge in [0.15, 0.2) is 0 Å². The van der Waals surface area contributed by atoms with Crippen LogP contribution in [0.5, 0.6) is 0 Å². The van der Waals surface area contributed by atoms with E-state index in [4.69, 9.17) is 10.7 Å². The molecule has 3 aliphatic heterocycles. The van der Waals surface area contributed by atoms with Crippen molar-refractivity contribution in [1.29, 1.82) is 0 Å². The number of nitrogen functional groups attached to an aromatic ring is 1. The molecule has 10 nitrogen and oxygen atoms in total. The SMILES string of the molecule is CN1CCC(C(=O)n2nc3c(c2N)CCCC3)C2=CC(C3CC(C(=O)O)c4cccnc4N3C)N=C21. The molecule has 0 bridgehead atoms. The maximum Gasteiger partial charge on any atom is 0.311 e. The van der Waals surface area contributed by atoms with Crippen LogP contribution in [0.3, 0.4) is 0 Å². The molecule has 1 saturated heterocycles. The molecule has 0 radical (unpaired) electrons. The minimum atomic E-state index is -0.860. The van der Waals surface area contributed by atoms with Gasteiger partial charge >= 0.3 is 5.97 Å². The first-order valence-electron chi connectivity index (χ1n) is 12.7. The van der Waals surface area contributed by atoms with Gasteiger partial charge < -0.3 is 20.6 Å². The maximum absolute atomic E-state index is 13.7. The Morgan fingerprint density at radius 2 is 1.97 bits per heavy atom. The Morgan fingerprint density at radius 3 is 2.75 bits per heavy atom. The lowest BCUT2D eigenvalue weighted by Crippen LogP contribution is -2.45. The molecule has 4 aliphatic rings. The van der Waals surface area contributed by atoms with E-state index in [1.54, 1.807) is 12.3 Å². The number of carbonyl (C=O) groups excluding carboxylic acids is 1. The van der Waals surface area contributed by atoms with E-state index in [0.29, 0.717) is 31.0 Å². The number of piperidine rings is 1. The first kappa shape index (κ1) is 22.8. The lowest BCUT2D eigenvalue weighted by molar-refractivity contribution is -0.139. The third-order valence-electron chi connectivity index (χ3n) is 8.27. The summed E-state index contributed by atoms with van der Waals surface area (Å²) < 4.78 is 1.42. The Hall–Kier alpha value is -3.69. The van der Waals surface area contributed by atoms with Crippen LogP contribution in [-0.2, 0) is 17.6 Å². The molecule has 2 aromatic heterocycles. The summed E-state index contributed by atoms with van der Waals surface area (Å²) in [6.07, 6.45) is 8.68. The second kappa shape index (κ2) is 8.46. The highest BCUT2D eigenvalue weighted by Crippen LogP contribution is 2.41. The molecule has 2 aromatic rings. The Labute approximate surface area is 209 Å². The quantitative estimate of drug-likeness (QED) is 0.671. The van der Waals surface area contributed by atoms with Crippen LogP contribution < -0.4 is 10.6 Å². The maximum atomic E-state index is 13.7. The van der Waals surface area contributed by atoms with Gasteiger partial charge in [-0.3, -0.25) is 14.6 Å². The van der Waals surface area contributed by atoms with Gasteiger partial charge in [0.25, 0.3) is 5.91 Å². The highest BCUT2D eigenvalue weighted by molar-refractivity contribution is 6.07. The van der Waals surface area contributed by atoms with Crippen molar-refractivity contribution in [1.82, 2.24) is 19.7 Å². The number of amidine groups is 1. The number of hydrogen-bond donors (Lipinski definition) is 2. The molecule has 5 heterocycles. The zero-order valence-electron chi connectivity index (χ0n) is 20.6. The molecule has 10 heteroatoms. The van der Waals surface area contributed by atoms with Crippen molar-refractivity contribution in [3.63, 3.8) is 0 Å². The van der Waals surface area contributed by atoms with Crippen molar-refractivity contribution < 1.29 is 14.7 Å². The molecule has 0 aromatic carbocycles. The number of carboxylic acid groups (broad SMARTS) is 1. The Bertz CT molecular complexity index is 1310. The number of aliphatic carboxylic acids is 1. The van der Waals surface area contributed by atoms with E-state index in [1.807, 2.05) is 25.1 Å². The smallest absolute Gasteiger partial charge is 0.311 e. The molecule has 4 unspecified atom stereocenters. The minimum absolute atomic E-state index is 0.109. The van der Waals surface area contributed by atoms with Crippen LogP contribution in [0.15, 0.2) is 35.0 Å². The summed E-state index contributed by atoms with van der Waals surface area (Å²) >= 11 is 0. The Morgan fingerprint density at radius 1 is 1.17 bits per heavy atom. The lowest BCUT2D eigenvalue weighted by atomic mass is 9.84. The van der Waals surface area contributed by atoms with Crippen molar-refractivity contribution in [2.75, 3.05) is 31.3 Å². The first-order valence-corrected chi connectivity index (χ1v) is 12.7. The summed E-state index contributed by atoms with van der Waals surface area (Å²) in [6.45, 7) is 0.697. The monoisotopic (exact) mass is 489 g/mol. The average molecular weight is 490 g/mol. The normalized spacial score (nSPS) is 27.1. The third-order valence-corrected chi connectivity index (χ3v) is 8.27. The summed E-state index contributed by atoms with van der Waals surface area (Å²) in [4.78, 5) is 39.5. The predicted octanol–water partition coefficient (Wildman–Crippen LogP) is 2.11. The number of hydrogen-bond acceptors (Lipinski definition) is 8. The van der Waals surface area contributed by atoms with Crippen molar-refractivity contribution in [3.8, 4) is 0 Å². The molecule has 1 aliphatic carbocycles. The summed E-state index contributed by atoms with van der Waals surface area (Å²) in [7, 11) is 3.93. The van der Waals surface area contributed by atoms with E-state index in [0.717, 1.165) is 53.9 Å². The van der Waals surface area contributed by atoms with Crippen LogP contribution in [0.4, 0.5) is 11.6 Å². The fourth-order valence-corrected chi connectivity index (χ4v) is 6.30. The van der Waals surface area contributed by atoms with Gasteiger partial charge in [0.1, 0.15) is 17.5 Å². The number of nitrogens with zero attached hydrogens (tertiary/aromatic N) is 6. The predicted molar refractivity (Wildman–Crippen MR) is 135 cm³/mol. The minimum Gasteiger partial charge on any atom is -0.481 e. The van der Waals surface area contributed by atoms with E-state index in [-0.39, 0.29) is 23.9 Å². The Kier molecular flexibility index (Phi) is 5.35. The van der Waals surface area contributed by atoms with Gasteiger partial charge in [0.05, 0.1) is 29.6 Å². The number of aryl methyl sites for hydroxylation is 1. The van der Waals surface area contributed by atoms with Crippen LogP contribution in [0.1, 0.15) is 53.2 Å². The van der Waals surface area contributed by atoms with Crippen LogP contribution in [0, 0.1) is 5.92 Å². The average Bonchev–Trinajstić information content (AvgIpc) is 3.47. The lowest BCUT2D eigenvalue weighted by Gasteiger charge is -2.39. The number of rotatable bonds is 3. The van der Waals surface area contributed by atoms with E-state index in [2.05, 4.69) is 21.1 Å². The largest absolute Gasteiger partial charge is 0.481 e. The van der Waals surface area contributed by atoms with Gasteiger partial charge in [0, 0.05) is 43.5 Å². The van der Waals surface area contributed by atoms with E-state index in [1.165, 1.54) is 4.68 Å². The van der Waals surface area contributed by atoms with Crippen LogP contribution >= 0.6 is 0 Å². The molecule has 1 fully saturated rings. The number of fused-ring (bicyclic) bond motifs is 3. The van der Waals surface area contributed by atoms with Gasteiger partial charge in [-0.05, 0) is 44.6 Å². The number of carbonyl (C=O) groups is 2. The Balaban J connectivity index is 1.34. The number of carboxylic acids is 1. The van der Waals surface area contributed by atoms with E-state index < -0.39 is 11.9 Å². The molecule has 36 heavy (non-hydrogen) atoms. The zero-order chi connectivity index (χ0) is 25.1. The molecular weight excluding hydrogens is 458 g/mol. The van der Waals surface area contributed by atoms with Crippen LogP contribution in [0.2, 0.25) is 0 Å². The molecule has 0 saturated carbocycles. The highest BCUT2D eigenvalue weighted by atomic mass is 16.4. The number of aliphatic imine (C=N–C) groups is 1. The van der Waals surface area contributed by atoms with Gasteiger partial charge in [0.2, 0.25) is 0 Å². The molecule has 6 rings (SSSR count). The molecule has 0 amide bonds. The second-order valence-electron chi connectivity index (χ2n) is 10.3. The van der Waals surface area contributed by atoms with E-state index >= 15 is 0 Å². The number of aromatic nitrogens is 3. The van der Waals surface area contributed by atoms with Gasteiger partial charge in [-0.1, -0.05) is 12.1 Å². The topological polar surface area (TPSA) is 130 Å². The van der Waals surface area contributed by atoms with Crippen molar-refractivity contribution >= 4 is 29.3 Å². The number of pyridine rings is 1. The zero-order valence-corrected chi connectivity index (χ0v) is 20.6. The van der Waals surface area contributed by atoms with E-state index in [9.17, 15) is 14.7 Å². The summed E-state index contributed by atoms with van der Waals surface area (Å²) in [5, 5.41) is 14.6. The van der Waals surface area contributed by atoms with Crippen LogP contribution in [0.25, 0.3) is 0 Å². The van der Waals surface area contributed by atoms with Gasteiger partial charge in [-0.25, -0.2) is 4.98 Å². The van der Waals surface area contributed by atoms with Crippen molar-refractivity contribution in [2.45, 2.75) is 56.5 Å². The number of likely N-dealkylation sites (tertiary alicyclic amines) is 1. The fourth-order valence-electron chi connectivity index (χ4n) is 6.30. The second-order valence-corrected chi connectivity index (χ2v) is 10.3. The van der Waals surface area contributed by atoms with Gasteiger partial charge in [-0.15, -0.1) is 0 Å². The van der Waals surface area contributed by atoms with Crippen molar-refractivity contribution in [3.05, 3.63) is 46.8 Å². The third kappa shape index (κ3) is 3.42. The first-order chi connectivity index (χ1) is 17.3.